The molecule has 0 bridgehead atoms. The van der Waals surface area contributed by atoms with Gasteiger partial charge in [-0.25, -0.2) is 9.89 Å². The molecule has 0 spiro atoms. The Hall–Kier alpha value is -3.15. The summed E-state index contributed by atoms with van der Waals surface area (Å²) in [6, 6.07) is 16.9. The molecule has 0 radical (unpaired) electrons. The number of para-hydroxylation sites is 1. The largest absolute Gasteiger partial charge is 0.457 e. The lowest BCUT2D eigenvalue weighted by Crippen LogP contribution is -2.15. The first-order chi connectivity index (χ1) is 10.7. The number of nitrogens with one attached hydrogen (secondary N) is 2. The summed E-state index contributed by atoms with van der Waals surface area (Å²) >= 11 is 0. The first kappa shape index (κ1) is 13.8. The molecule has 1 aromatic heterocycles. The fraction of sp³-hybridized carbons (Fsp3) is 0.0625. The summed E-state index contributed by atoms with van der Waals surface area (Å²) in [5.74, 6) is 1.94. The van der Waals surface area contributed by atoms with Gasteiger partial charge in [-0.05, 0) is 43.3 Å². The van der Waals surface area contributed by atoms with Gasteiger partial charge in [-0.1, -0.05) is 18.2 Å². The highest BCUT2D eigenvalue weighted by Crippen LogP contribution is 2.24. The fourth-order valence-electron chi connectivity index (χ4n) is 1.88. The molecule has 0 aliphatic rings. The number of H-pyrrole nitrogens is 1. The molecule has 0 saturated heterocycles. The summed E-state index contributed by atoms with van der Waals surface area (Å²) < 4.78 is 5.72. The summed E-state index contributed by atoms with van der Waals surface area (Å²) in [6.07, 6.45) is 0. The third-order valence-corrected chi connectivity index (χ3v) is 2.97. The Morgan fingerprint density at radius 3 is 2.41 bits per heavy atom. The van der Waals surface area contributed by atoms with E-state index in [2.05, 4.69) is 20.5 Å². The van der Waals surface area contributed by atoms with Gasteiger partial charge in [-0.2, -0.15) is 10.1 Å². The van der Waals surface area contributed by atoms with Crippen LogP contribution in [0.3, 0.4) is 0 Å². The van der Waals surface area contributed by atoms with Crippen LogP contribution >= 0.6 is 0 Å². The Bertz CT molecular complexity index is 814. The molecule has 1 heterocycles. The van der Waals surface area contributed by atoms with E-state index in [1.54, 1.807) is 6.92 Å². The Balaban J connectivity index is 1.74. The van der Waals surface area contributed by atoms with Gasteiger partial charge in [0.15, 0.2) is 5.82 Å². The zero-order valence-corrected chi connectivity index (χ0v) is 11.9. The van der Waals surface area contributed by atoms with Crippen molar-refractivity contribution in [3.05, 3.63) is 70.8 Å². The first-order valence-corrected chi connectivity index (χ1v) is 6.74. The number of aromatic nitrogens is 3. The second kappa shape index (κ2) is 6.09. The molecular formula is C16H14N4O2. The molecule has 6 heteroatoms. The molecule has 0 saturated carbocycles. The minimum Gasteiger partial charge on any atom is -0.457 e. The van der Waals surface area contributed by atoms with E-state index >= 15 is 0 Å². The average Bonchev–Trinajstić information content (AvgIpc) is 2.54. The number of hydrogen-bond donors (Lipinski definition) is 2. The highest BCUT2D eigenvalue weighted by atomic mass is 16.5. The van der Waals surface area contributed by atoms with E-state index in [-0.39, 0.29) is 0 Å². The molecule has 6 nitrogen and oxygen atoms in total. The number of ether oxygens (including phenoxy) is 1. The van der Waals surface area contributed by atoms with Gasteiger partial charge in [-0.15, -0.1) is 0 Å². The van der Waals surface area contributed by atoms with Crippen molar-refractivity contribution in [1.29, 1.82) is 0 Å². The fourth-order valence-corrected chi connectivity index (χ4v) is 1.88. The van der Waals surface area contributed by atoms with E-state index in [4.69, 9.17) is 4.74 Å². The van der Waals surface area contributed by atoms with Crippen LogP contribution in [0, 0.1) is 6.92 Å². The molecule has 2 aromatic carbocycles. The highest BCUT2D eigenvalue weighted by Gasteiger charge is 2.03. The number of nitrogens with zero attached hydrogens (tertiary/aromatic N) is 2. The zero-order chi connectivity index (χ0) is 15.4. The summed E-state index contributed by atoms with van der Waals surface area (Å²) in [7, 11) is 0. The lowest BCUT2D eigenvalue weighted by atomic mass is 10.3. The van der Waals surface area contributed by atoms with Crippen molar-refractivity contribution < 1.29 is 4.74 Å². The van der Waals surface area contributed by atoms with Crippen molar-refractivity contribution in [3.63, 3.8) is 0 Å². The Labute approximate surface area is 126 Å². The molecular weight excluding hydrogens is 280 g/mol. The quantitative estimate of drug-likeness (QED) is 0.773. The lowest BCUT2D eigenvalue weighted by Gasteiger charge is -2.09. The maximum Gasteiger partial charge on any atom is 0.363 e. The maximum absolute atomic E-state index is 11.2. The molecule has 0 fully saturated rings. The number of aromatic amines is 1. The molecule has 2 N–H and O–H groups in total. The number of rotatable bonds is 4. The number of aryl methyl sites for hydroxylation is 1. The van der Waals surface area contributed by atoms with Crippen molar-refractivity contribution in [2.24, 2.45) is 0 Å². The minimum absolute atomic E-state index is 0.431. The molecule has 0 unspecified atom stereocenters. The van der Waals surface area contributed by atoms with Crippen LogP contribution in [0.1, 0.15) is 5.69 Å². The summed E-state index contributed by atoms with van der Waals surface area (Å²) in [5.41, 5.74) is 0.921. The van der Waals surface area contributed by atoms with Gasteiger partial charge in [0, 0.05) is 5.69 Å². The van der Waals surface area contributed by atoms with E-state index in [1.165, 1.54) is 0 Å². The topological polar surface area (TPSA) is 79.9 Å². The molecule has 0 aliphatic heterocycles. The van der Waals surface area contributed by atoms with Gasteiger partial charge < -0.3 is 10.1 Å². The predicted octanol–water partition coefficient (Wildman–Crippen LogP) is 3.01. The van der Waals surface area contributed by atoms with E-state index < -0.39 is 5.69 Å². The van der Waals surface area contributed by atoms with E-state index in [1.807, 2.05) is 54.6 Å². The van der Waals surface area contributed by atoms with E-state index in [9.17, 15) is 4.79 Å². The predicted molar refractivity (Wildman–Crippen MR) is 83.6 cm³/mol. The molecule has 110 valence electrons. The van der Waals surface area contributed by atoms with Crippen molar-refractivity contribution in [2.45, 2.75) is 6.92 Å². The summed E-state index contributed by atoms with van der Waals surface area (Å²) in [4.78, 5) is 15.0. The van der Waals surface area contributed by atoms with Crippen LogP contribution in [-0.2, 0) is 0 Å². The first-order valence-electron chi connectivity index (χ1n) is 6.74. The van der Waals surface area contributed by atoms with Gasteiger partial charge in [0.25, 0.3) is 0 Å². The molecule has 22 heavy (non-hydrogen) atoms. The average molecular weight is 294 g/mol. The normalized spacial score (nSPS) is 10.2. The third kappa shape index (κ3) is 3.29. The lowest BCUT2D eigenvalue weighted by molar-refractivity contribution is 0.483. The van der Waals surface area contributed by atoms with Crippen LogP contribution in [0.4, 0.5) is 11.5 Å². The van der Waals surface area contributed by atoms with Crippen LogP contribution in [0.2, 0.25) is 0 Å². The van der Waals surface area contributed by atoms with Crippen LogP contribution < -0.4 is 15.7 Å². The Morgan fingerprint density at radius 2 is 1.68 bits per heavy atom. The summed E-state index contributed by atoms with van der Waals surface area (Å²) in [6.45, 7) is 1.76. The van der Waals surface area contributed by atoms with Crippen LogP contribution in [0.5, 0.6) is 11.5 Å². The molecule has 3 rings (SSSR count). The number of benzene rings is 2. The van der Waals surface area contributed by atoms with Gasteiger partial charge in [0.05, 0.1) is 0 Å². The smallest absolute Gasteiger partial charge is 0.363 e. The van der Waals surface area contributed by atoms with Gasteiger partial charge in [0.1, 0.15) is 17.2 Å². The van der Waals surface area contributed by atoms with Crippen molar-refractivity contribution >= 4 is 11.5 Å². The van der Waals surface area contributed by atoms with E-state index in [0.29, 0.717) is 11.5 Å². The van der Waals surface area contributed by atoms with Crippen LogP contribution in [0.25, 0.3) is 0 Å². The van der Waals surface area contributed by atoms with Crippen LogP contribution in [0.15, 0.2) is 59.4 Å². The van der Waals surface area contributed by atoms with Gasteiger partial charge in [0.2, 0.25) is 0 Å². The zero-order valence-electron chi connectivity index (χ0n) is 11.9. The molecule has 0 atom stereocenters. The second-order valence-electron chi connectivity index (χ2n) is 4.64. The van der Waals surface area contributed by atoms with Gasteiger partial charge in [-0.3, -0.25) is 0 Å². The molecule has 0 amide bonds. The Kier molecular flexibility index (Phi) is 3.82. The molecule has 0 aliphatic carbocycles. The maximum atomic E-state index is 11.2. The Morgan fingerprint density at radius 1 is 1.00 bits per heavy atom. The van der Waals surface area contributed by atoms with Crippen molar-refractivity contribution in [1.82, 2.24) is 15.2 Å². The van der Waals surface area contributed by atoms with Gasteiger partial charge >= 0.3 is 5.69 Å². The minimum atomic E-state index is -0.489. The van der Waals surface area contributed by atoms with E-state index in [0.717, 1.165) is 17.2 Å². The standard InChI is InChI=1S/C16H14N4O2/c1-11-15(18-16(21)20-19-11)17-12-7-9-14(10-8-12)22-13-5-3-2-4-6-13/h2-10H,1H3,(H2,17,18,20,21). The molecule has 3 aromatic rings. The SMILES string of the molecule is Cc1n[nH]c(=O)nc1Nc1ccc(Oc2ccccc2)cc1. The second-order valence-corrected chi connectivity index (χ2v) is 4.64. The van der Waals surface area contributed by atoms with Crippen molar-refractivity contribution in [2.75, 3.05) is 5.32 Å². The van der Waals surface area contributed by atoms with Crippen LogP contribution in [-0.4, -0.2) is 15.2 Å². The monoisotopic (exact) mass is 294 g/mol. The summed E-state index contributed by atoms with van der Waals surface area (Å²) in [5, 5.41) is 9.20. The van der Waals surface area contributed by atoms with Crippen molar-refractivity contribution in [3.8, 4) is 11.5 Å². The highest BCUT2D eigenvalue weighted by molar-refractivity contribution is 5.58. The number of hydrogen-bond acceptors (Lipinski definition) is 5. The third-order valence-electron chi connectivity index (χ3n) is 2.97. The number of anilines is 2.